The van der Waals surface area contributed by atoms with E-state index in [2.05, 4.69) is 0 Å². The summed E-state index contributed by atoms with van der Waals surface area (Å²) < 4.78 is 9.71. The molecule has 0 spiro atoms. The molecule has 4 unspecified atom stereocenters. The molecule has 0 amide bonds. The Morgan fingerprint density at radius 1 is 1.15 bits per heavy atom. The molecule has 1 aliphatic carbocycles. The zero-order chi connectivity index (χ0) is 15.1. The van der Waals surface area contributed by atoms with Crippen LogP contribution in [0.5, 0.6) is 0 Å². The van der Waals surface area contributed by atoms with Gasteiger partial charge in [0.15, 0.2) is 12.6 Å². The Balaban J connectivity index is 2.70. The molecule has 114 valence electrons. The molecule has 0 heterocycles. The molecule has 1 rings (SSSR count). The lowest BCUT2D eigenvalue weighted by molar-refractivity contribution is -0.184. The highest BCUT2D eigenvalue weighted by atomic mass is 16.6. The normalized spacial score (nSPS) is 24.8. The van der Waals surface area contributed by atoms with Gasteiger partial charge in [-0.3, -0.25) is 9.59 Å². The van der Waals surface area contributed by atoms with Crippen molar-refractivity contribution in [3.63, 3.8) is 0 Å². The number of aliphatic hydroxyl groups is 2. The largest absolute Gasteiger partial charge is 0.436 e. The van der Waals surface area contributed by atoms with Gasteiger partial charge in [0.25, 0.3) is 0 Å². The lowest BCUT2D eigenvalue weighted by Gasteiger charge is -2.26. The molecule has 1 aliphatic rings. The highest BCUT2D eigenvalue weighted by molar-refractivity contribution is 5.84. The zero-order valence-corrected chi connectivity index (χ0v) is 11.8. The van der Waals surface area contributed by atoms with Gasteiger partial charge in [-0.15, -0.1) is 0 Å². The monoisotopic (exact) mass is 286 g/mol. The Kier molecular flexibility index (Phi) is 6.67. The molecule has 2 N–H and O–H groups in total. The van der Waals surface area contributed by atoms with E-state index in [9.17, 15) is 19.8 Å². The van der Waals surface area contributed by atoms with Crippen molar-refractivity contribution in [3.05, 3.63) is 12.2 Å². The minimum atomic E-state index is -1.17. The Morgan fingerprint density at radius 3 is 2.25 bits per heavy atom. The van der Waals surface area contributed by atoms with E-state index in [1.54, 1.807) is 26.0 Å². The Morgan fingerprint density at radius 2 is 1.70 bits per heavy atom. The summed E-state index contributed by atoms with van der Waals surface area (Å²) in [5.74, 6) is -2.72. The van der Waals surface area contributed by atoms with Crippen LogP contribution in [0.15, 0.2) is 12.2 Å². The van der Waals surface area contributed by atoms with Crippen LogP contribution >= 0.6 is 0 Å². The first-order valence-electron chi connectivity index (χ1n) is 6.93. The average Bonchev–Trinajstić information content (AvgIpc) is 2.46. The summed E-state index contributed by atoms with van der Waals surface area (Å²) in [6.07, 6.45) is 2.74. The van der Waals surface area contributed by atoms with Crippen molar-refractivity contribution in [2.45, 2.75) is 52.1 Å². The molecule has 0 saturated carbocycles. The third-order valence-corrected chi connectivity index (χ3v) is 3.20. The SMILES string of the molecule is CCC(O)OC(=O)C1C=CCCC1C(=O)OC(O)CC. The molecule has 0 saturated heterocycles. The fourth-order valence-corrected chi connectivity index (χ4v) is 1.94. The van der Waals surface area contributed by atoms with Crippen LogP contribution in [-0.2, 0) is 19.1 Å². The van der Waals surface area contributed by atoms with E-state index in [0.29, 0.717) is 12.8 Å². The van der Waals surface area contributed by atoms with E-state index in [0.717, 1.165) is 0 Å². The van der Waals surface area contributed by atoms with Gasteiger partial charge in [-0.1, -0.05) is 26.0 Å². The lowest BCUT2D eigenvalue weighted by atomic mass is 9.84. The van der Waals surface area contributed by atoms with Crippen molar-refractivity contribution in [3.8, 4) is 0 Å². The van der Waals surface area contributed by atoms with E-state index in [-0.39, 0.29) is 12.8 Å². The molecule has 0 aliphatic heterocycles. The van der Waals surface area contributed by atoms with Crippen LogP contribution in [0.3, 0.4) is 0 Å². The second-order valence-corrected chi connectivity index (χ2v) is 4.74. The molecule has 0 aromatic carbocycles. The van der Waals surface area contributed by atoms with Gasteiger partial charge < -0.3 is 19.7 Å². The van der Waals surface area contributed by atoms with Crippen molar-refractivity contribution in [2.75, 3.05) is 0 Å². The first-order valence-corrected chi connectivity index (χ1v) is 6.93. The number of carbonyl (C=O) groups excluding carboxylic acids is 2. The Labute approximate surface area is 118 Å². The summed E-state index contributed by atoms with van der Waals surface area (Å²) in [6, 6.07) is 0. The number of carbonyl (C=O) groups is 2. The standard InChI is InChI=1S/C14H22O6/c1-3-11(15)19-13(17)9-7-5-6-8-10(9)14(18)20-12(16)4-2/h5,7,9-12,15-16H,3-4,6,8H2,1-2H3. The minimum absolute atomic E-state index is 0.284. The van der Waals surface area contributed by atoms with Gasteiger partial charge in [0.2, 0.25) is 0 Å². The average molecular weight is 286 g/mol. The molecule has 0 aromatic heterocycles. The van der Waals surface area contributed by atoms with Gasteiger partial charge in [-0.25, -0.2) is 0 Å². The first kappa shape index (κ1) is 16.7. The van der Waals surface area contributed by atoms with E-state index < -0.39 is 36.4 Å². The molecule has 0 aromatic rings. The van der Waals surface area contributed by atoms with Crippen LogP contribution in [0.25, 0.3) is 0 Å². The van der Waals surface area contributed by atoms with Gasteiger partial charge in [0.1, 0.15) is 0 Å². The van der Waals surface area contributed by atoms with Crippen molar-refractivity contribution in [1.82, 2.24) is 0 Å². The summed E-state index contributed by atoms with van der Waals surface area (Å²) in [7, 11) is 0. The number of esters is 2. The minimum Gasteiger partial charge on any atom is -0.436 e. The maximum Gasteiger partial charge on any atom is 0.315 e. The van der Waals surface area contributed by atoms with Crippen molar-refractivity contribution < 1.29 is 29.3 Å². The predicted octanol–water partition coefficient (Wildman–Crippen LogP) is 1.11. The zero-order valence-electron chi connectivity index (χ0n) is 11.8. The predicted molar refractivity (Wildman–Crippen MR) is 70.1 cm³/mol. The lowest BCUT2D eigenvalue weighted by Crippen LogP contribution is -2.36. The van der Waals surface area contributed by atoms with Gasteiger partial charge in [0.05, 0.1) is 11.8 Å². The first-order chi connectivity index (χ1) is 9.49. The second kappa shape index (κ2) is 8.01. The Hall–Kier alpha value is -1.40. The summed E-state index contributed by atoms with van der Waals surface area (Å²) in [6.45, 7) is 3.36. The van der Waals surface area contributed by atoms with E-state index in [4.69, 9.17) is 9.47 Å². The fraction of sp³-hybridized carbons (Fsp3) is 0.714. The molecule has 0 bridgehead atoms. The van der Waals surface area contributed by atoms with Crippen LogP contribution in [0.2, 0.25) is 0 Å². The number of hydrogen-bond donors (Lipinski definition) is 2. The highest BCUT2D eigenvalue weighted by Crippen LogP contribution is 2.28. The van der Waals surface area contributed by atoms with Gasteiger partial charge in [-0.2, -0.15) is 0 Å². The number of ether oxygens (including phenoxy) is 2. The maximum atomic E-state index is 12.0. The third-order valence-electron chi connectivity index (χ3n) is 3.20. The van der Waals surface area contributed by atoms with Gasteiger partial charge in [-0.05, 0) is 12.8 Å². The molecule has 20 heavy (non-hydrogen) atoms. The Bertz CT molecular complexity index is 365. The highest BCUT2D eigenvalue weighted by Gasteiger charge is 2.36. The van der Waals surface area contributed by atoms with Crippen molar-refractivity contribution in [2.24, 2.45) is 11.8 Å². The molecule has 0 fully saturated rings. The molecule has 6 nitrogen and oxygen atoms in total. The summed E-state index contributed by atoms with van der Waals surface area (Å²) in [5, 5.41) is 18.7. The number of aliphatic hydroxyl groups excluding tert-OH is 2. The van der Waals surface area contributed by atoms with Crippen LogP contribution < -0.4 is 0 Å². The summed E-state index contributed by atoms with van der Waals surface area (Å²) >= 11 is 0. The van der Waals surface area contributed by atoms with Crippen LogP contribution in [-0.4, -0.2) is 34.7 Å². The number of hydrogen-bond acceptors (Lipinski definition) is 6. The summed E-state index contributed by atoms with van der Waals surface area (Å²) in [5.41, 5.74) is 0. The topological polar surface area (TPSA) is 93.1 Å². The van der Waals surface area contributed by atoms with E-state index >= 15 is 0 Å². The van der Waals surface area contributed by atoms with Gasteiger partial charge >= 0.3 is 11.9 Å². The fourth-order valence-electron chi connectivity index (χ4n) is 1.94. The molecule has 4 atom stereocenters. The maximum absolute atomic E-state index is 12.0. The van der Waals surface area contributed by atoms with Crippen molar-refractivity contribution in [1.29, 1.82) is 0 Å². The van der Waals surface area contributed by atoms with E-state index in [1.807, 2.05) is 0 Å². The third kappa shape index (κ3) is 4.61. The molecular weight excluding hydrogens is 264 g/mol. The molecular formula is C14H22O6. The molecule has 6 heteroatoms. The smallest absolute Gasteiger partial charge is 0.315 e. The number of rotatable bonds is 6. The van der Waals surface area contributed by atoms with Crippen LogP contribution in [0, 0.1) is 11.8 Å². The van der Waals surface area contributed by atoms with Crippen LogP contribution in [0.1, 0.15) is 39.5 Å². The van der Waals surface area contributed by atoms with Crippen LogP contribution in [0.4, 0.5) is 0 Å². The number of allylic oxidation sites excluding steroid dienone is 1. The quantitative estimate of drug-likeness (QED) is 0.431. The van der Waals surface area contributed by atoms with Gasteiger partial charge in [0, 0.05) is 12.8 Å². The van der Waals surface area contributed by atoms with Crippen molar-refractivity contribution >= 4 is 11.9 Å². The van der Waals surface area contributed by atoms with E-state index in [1.165, 1.54) is 0 Å². The second-order valence-electron chi connectivity index (χ2n) is 4.74. The molecule has 0 radical (unpaired) electrons. The summed E-state index contributed by atoms with van der Waals surface area (Å²) in [4.78, 5) is 23.9.